The molecule has 1 aromatic heterocycles. The zero-order chi connectivity index (χ0) is 13.0. The van der Waals surface area contributed by atoms with Crippen molar-refractivity contribution in [2.75, 3.05) is 7.11 Å². The van der Waals surface area contributed by atoms with E-state index in [4.69, 9.17) is 9.47 Å². The van der Waals surface area contributed by atoms with Crippen LogP contribution in [0.1, 0.15) is 10.4 Å². The number of hydrogen-bond donors (Lipinski definition) is 0. The highest BCUT2D eigenvalue weighted by Crippen LogP contribution is 2.30. The Morgan fingerprint density at radius 3 is 2.61 bits per heavy atom. The van der Waals surface area contributed by atoms with E-state index in [1.54, 1.807) is 18.4 Å². The highest BCUT2D eigenvalue weighted by molar-refractivity contribution is 9.11. The standard InChI is InChI=1S/C13H12Br2O2S/c1-16-12-6-9(7-14)2-4-11(12)17-8-10-3-5-13(15)18-10/h2-6H,7-8H2,1H3. The highest BCUT2D eigenvalue weighted by atomic mass is 79.9. The number of alkyl halides is 1. The maximum absolute atomic E-state index is 5.78. The van der Waals surface area contributed by atoms with Gasteiger partial charge in [-0.25, -0.2) is 0 Å². The van der Waals surface area contributed by atoms with Crippen LogP contribution in [0, 0.1) is 0 Å². The average Bonchev–Trinajstić information content (AvgIpc) is 2.82. The summed E-state index contributed by atoms with van der Waals surface area (Å²) in [5.41, 5.74) is 1.16. The van der Waals surface area contributed by atoms with Crippen LogP contribution in [0.25, 0.3) is 0 Å². The van der Waals surface area contributed by atoms with Crippen LogP contribution in [0.15, 0.2) is 34.1 Å². The van der Waals surface area contributed by atoms with Crippen molar-refractivity contribution in [2.24, 2.45) is 0 Å². The van der Waals surface area contributed by atoms with E-state index in [2.05, 4.69) is 31.9 Å². The fraction of sp³-hybridized carbons (Fsp3) is 0.231. The number of ether oxygens (including phenoxy) is 2. The number of halogens is 2. The molecule has 0 aliphatic carbocycles. The van der Waals surface area contributed by atoms with E-state index in [9.17, 15) is 0 Å². The molecule has 2 nitrogen and oxygen atoms in total. The van der Waals surface area contributed by atoms with E-state index >= 15 is 0 Å². The summed E-state index contributed by atoms with van der Waals surface area (Å²) in [6.07, 6.45) is 0. The van der Waals surface area contributed by atoms with Gasteiger partial charge in [-0.2, -0.15) is 0 Å². The Kier molecular flexibility index (Phi) is 5.09. The first-order chi connectivity index (χ1) is 8.72. The summed E-state index contributed by atoms with van der Waals surface area (Å²) in [4.78, 5) is 1.17. The normalized spacial score (nSPS) is 10.4. The molecule has 0 N–H and O–H groups in total. The summed E-state index contributed by atoms with van der Waals surface area (Å²) in [6, 6.07) is 10.0. The molecule has 96 valence electrons. The minimum absolute atomic E-state index is 0.556. The lowest BCUT2D eigenvalue weighted by molar-refractivity contribution is 0.287. The molecule has 18 heavy (non-hydrogen) atoms. The third-order valence-corrected chi connectivity index (χ3v) is 4.63. The molecule has 0 saturated carbocycles. The molecule has 0 spiro atoms. The van der Waals surface area contributed by atoms with E-state index in [0.29, 0.717) is 6.61 Å². The maximum atomic E-state index is 5.78. The molecule has 0 aliphatic rings. The van der Waals surface area contributed by atoms with Gasteiger partial charge >= 0.3 is 0 Å². The third kappa shape index (κ3) is 3.49. The number of thiophene rings is 1. The van der Waals surface area contributed by atoms with Gasteiger partial charge in [0.1, 0.15) is 6.61 Å². The van der Waals surface area contributed by atoms with Gasteiger partial charge in [0, 0.05) is 10.2 Å². The molecule has 0 bridgehead atoms. The topological polar surface area (TPSA) is 18.5 Å². The molecule has 5 heteroatoms. The van der Waals surface area contributed by atoms with Gasteiger partial charge in [0.2, 0.25) is 0 Å². The molecule has 2 aromatic rings. The monoisotopic (exact) mass is 390 g/mol. The van der Waals surface area contributed by atoms with E-state index in [-0.39, 0.29) is 0 Å². The first-order valence-electron chi connectivity index (χ1n) is 5.33. The third-order valence-electron chi connectivity index (χ3n) is 2.38. The van der Waals surface area contributed by atoms with Crippen LogP contribution in [0.5, 0.6) is 11.5 Å². The molecule has 0 atom stereocenters. The molecule has 0 fully saturated rings. The summed E-state index contributed by atoms with van der Waals surface area (Å²) in [7, 11) is 1.65. The Bertz CT molecular complexity index is 525. The van der Waals surface area contributed by atoms with Crippen LogP contribution >= 0.6 is 43.2 Å². The van der Waals surface area contributed by atoms with Gasteiger partial charge in [-0.15, -0.1) is 11.3 Å². The Hall–Kier alpha value is -0.520. The average molecular weight is 392 g/mol. The van der Waals surface area contributed by atoms with Crippen LogP contribution in [-0.4, -0.2) is 7.11 Å². The second-order valence-electron chi connectivity index (χ2n) is 3.61. The van der Waals surface area contributed by atoms with Crippen LogP contribution in [0.4, 0.5) is 0 Å². The molecule has 0 saturated heterocycles. The molecule has 2 rings (SSSR count). The summed E-state index contributed by atoms with van der Waals surface area (Å²) in [6.45, 7) is 0.556. The zero-order valence-corrected chi connectivity index (χ0v) is 13.8. The lowest BCUT2D eigenvalue weighted by Crippen LogP contribution is -1.96. The highest BCUT2D eigenvalue weighted by Gasteiger charge is 2.06. The molecule has 1 heterocycles. The molecule has 0 amide bonds. The largest absolute Gasteiger partial charge is 0.493 e. The number of rotatable bonds is 5. The van der Waals surface area contributed by atoms with Crippen molar-refractivity contribution < 1.29 is 9.47 Å². The predicted octanol–water partition coefficient (Wildman–Crippen LogP) is 4.99. The SMILES string of the molecule is COc1cc(CBr)ccc1OCc1ccc(Br)s1. The lowest BCUT2D eigenvalue weighted by Gasteiger charge is -2.10. The first kappa shape index (κ1) is 13.9. The summed E-state index contributed by atoms with van der Waals surface area (Å²) in [5.74, 6) is 1.54. The van der Waals surface area contributed by atoms with E-state index in [1.807, 2.05) is 30.3 Å². The summed E-state index contributed by atoms with van der Waals surface area (Å²) in [5, 5.41) is 0.807. The first-order valence-corrected chi connectivity index (χ1v) is 8.06. The molecule has 0 radical (unpaired) electrons. The van der Waals surface area contributed by atoms with E-state index < -0.39 is 0 Å². The van der Waals surface area contributed by atoms with Gasteiger partial charge in [0.15, 0.2) is 11.5 Å². The molecular weight excluding hydrogens is 380 g/mol. The molecular formula is C13H12Br2O2S. The summed E-state index contributed by atoms with van der Waals surface area (Å²) < 4.78 is 12.2. The Morgan fingerprint density at radius 1 is 1.17 bits per heavy atom. The van der Waals surface area contributed by atoms with Crippen LogP contribution in [0.3, 0.4) is 0 Å². The van der Waals surface area contributed by atoms with Crippen LogP contribution in [-0.2, 0) is 11.9 Å². The van der Waals surface area contributed by atoms with Crippen LogP contribution in [0.2, 0.25) is 0 Å². The Balaban J connectivity index is 2.08. The fourth-order valence-electron chi connectivity index (χ4n) is 1.49. The minimum Gasteiger partial charge on any atom is -0.493 e. The van der Waals surface area contributed by atoms with Crippen LogP contribution < -0.4 is 9.47 Å². The fourth-order valence-corrected chi connectivity index (χ4v) is 3.24. The minimum atomic E-state index is 0.556. The van der Waals surface area contributed by atoms with Crippen molar-refractivity contribution in [3.05, 3.63) is 44.6 Å². The number of hydrogen-bond acceptors (Lipinski definition) is 3. The van der Waals surface area contributed by atoms with Crippen molar-refractivity contribution in [3.63, 3.8) is 0 Å². The van der Waals surface area contributed by atoms with Gasteiger partial charge in [-0.1, -0.05) is 22.0 Å². The van der Waals surface area contributed by atoms with Crippen molar-refractivity contribution in [1.82, 2.24) is 0 Å². The number of benzene rings is 1. The van der Waals surface area contributed by atoms with Gasteiger partial charge in [0.05, 0.1) is 10.9 Å². The van der Waals surface area contributed by atoms with Gasteiger partial charge < -0.3 is 9.47 Å². The van der Waals surface area contributed by atoms with Gasteiger partial charge in [-0.05, 0) is 45.8 Å². The van der Waals surface area contributed by atoms with Crippen molar-refractivity contribution in [1.29, 1.82) is 0 Å². The quantitative estimate of drug-likeness (QED) is 0.668. The lowest BCUT2D eigenvalue weighted by atomic mass is 10.2. The zero-order valence-electron chi connectivity index (χ0n) is 9.78. The van der Waals surface area contributed by atoms with Gasteiger partial charge in [0.25, 0.3) is 0 Å². The smallest absolute Gasteiger partial charge is 0.161 e. The van der Waals surface area contributed by atoms with Crippen molar-refractivity contribution in [2.45, 2.75) is 11.9 Å². The van der Waals surface area contributed by atoms with Crippen molar-refractivity contribution in [3.8, 4) is 11.5 Å². The second kappa shape index (κ2) is 6.59. The summed E-state index contributed by atoms with van der Waals surface area (Å²) >= 11 is 8.53. The molecule has 0 unspecified atom stereocenters. The maximum Gasteiger partial charge on any atom is 0.161 e. The second-order valence-corrected chi connectivity index (χ2v) is 6.72. The molecule has 1 aromatic carbocycles. The van der Waals surface area contributed by atoms with Crippen molar-refractivity contribution >= 4 is 43.2 Å². The Labute approximate surface area is 127 Å². The number of methoxy groups -OCH3 is 1. The van der Waals surface area contributed by atoms with E-state index in [0.717, 1.165) is 26.2 Å². The van der Waals surface area contributed by atoms with Gasteiger partial charge in [-0.3, -0.25) is 0 Å². The van der Waals surface area contributed by atoms with E-state index in [1.165, 1.54) is 4.88 Å². The molecule has 0 aliphatic heterocycles. The Morgan fingerprint density at radius 2 is 2.00 bits per heavy atom. The predicted molar refractivity (Wildman–Crippen MR) is 82.0 cm³/mol.